The first-order valence-electron chi connectivity index (χ1n) is 11.6. The Balaban J connectivity index is 1.21. The van der Waals surface area contributed by atoms with E-state index in [-0.39, 0.29) is 29.5 Å². The normalized spacial score (nSPS) is 25.4. The number of carbonyl (C=O) groups excluding carboxylic acids is 1. The lowest BCUT2D eigenvalue weighted by Gasteiger charge is -2.37. The fourth-order valence-corrected chi connectivity index (χ4v) is 8.41. The van der Waals surface area contributed by atoms with Crippen molar-refractivity contribution in [2.75, 3.05) is 31.1 Å². The molecule has 2 saturated heterocycles. The largest absolute Gasteiger partial charge is 0.335 e. The Morgan fingerprint density at radius 3 is 2.48 bits per heavy atom. The molecule has 0 radical (unpaired) electrons. The number of hydrogen-bond acceptors (Lipinski definition) is 6. The van der Waals surface area contributed by atoms with Crippen LogP contribution in [0.3, 0.4) is 0 Å². The van der Waals surface area contributed by atoms with Gasteiger partial charge in [0.2, 0.25) is 5.91 Å². The zero-order valence-electron chi connectivity index (χ0n) is 17.9. The van der Waals surface area contributed by atoms with E-state index < -0.39 is 9.84 Å². The molecule has 6 nitrogen and oxygen atoms in total. The number of rotatable bonds is 5. The maximum atomic E-state index is 13.3. The smallest absolute Gasteiger partial charge is 0.237 e. The number of piperidine rings is 1. The zero-order valence-corrected chi connectivity index (χ0v) is 19.5. The average molecular weight is 462 g/mol. The number of sulfone groups is 1. The highest BCUT2D eigenvalue weighted by Gasteiger charge is 2.39. The lowest BCUT2D eigenvalue weighted by atomic mass is 9.97. The number of hydrogen-bond donors (Lipinski definition) is 0. The molecule has 5 rings (SSSR count). The van der Waals surface area contributed by atoms with E-state index in [1.165, 1.54) is 9.71 Å². The van der Waals surface area contributed by atoms with Gasteiger partial charge in [0, 0.05) is 18.0 Å². The second-order valence-electron chi connectivity index (χ2n) is 9.37. The Labute approximate surface area is 188 Å². The van der Waals surface area contributed by atoms with Crippen LogP contribution in [0.15, 0.2) is 24.3 Å². The highest BCUT2D eigenvalue weighted by Crippen LogP contribution is 2.34. The first kappa shape index (κ1) is 21.3. The van der Waals surface area contributed by atoms with Crippen molar-refractivity contribution in [1.82, 2.24) is 14.8 Å². The van der Waals surface area contributed by atoms with Gasteiger partial charge in [-0.1, -0.05) is 25.0 Å². The minimum atomic E-state index is -3.00. The summed E-state index contributed by atoms with van der Waals surface area (Å²) in [6.07, 6.45) is 6.96. The summed E-state index contributed by atoms with van der Waals surface area (Å²) in [6.45, 7) is 2.21. The number of aromatic nitrogens is 1. The van der Waals surface area contributed by atoms with E-state index >= 15 is 0 Å². The van der Waals surface area contributed by atoms with Crippen LogP contribution in [0.2, 0.25) is 0 Å². The Morgan fingerprint density at radius 1 is 1.06 bits per heavy atom. The highest BCUT2D eigenvalue weighted by molar-refractivity contribution is 7.91. The number of carbonyl (C=O) groups is 1. The van der Waals surface area contributed by atoms with Gasteiger partial charge in [-0.25, -0.2) is 13.4 Å². The van der Waals surface area contributed by atoms with Crippen LogP contribution < -0.4 is 0 Å². The topological polar surface area (TPSA) is 70.6 Å². The van der Waals surface area contributed by atoms with Gasteiger partial charge in [-0.15, -0.1) is 11.3 Å². The van der Waals surface area contributed by atoms with E-state index in [2.05, 4.69) is 23.1 Å². The van der Waals surface area contributed by atoms with Gasteiger partial charge in [0.25, 0.3) is 0 Å². The fourth-order valence-electron chi connectivity index (χ4n) is 5.56. The van der Waals surface area contributed by atoms with Crippen molar-refractivity contribution in [3.8, 4) is 0 Å². The van der Waals surface area contributed by atoms with Gasteiger partial charge in [0.15, 0.2) is 9.84 Å². The molecular formula is C23H31N3O3S2. The summed E-state index contributed by atoms with van der Waals surface area (Å²) < 4.78 is 25.4. The van der Waals surface area contributed by atoms with Crippen molar-refractivity contribution < 1.29 is 13.2 Å². The maximum Gasteiger partial charge on any atom is 0.237 e. The molecule has 1 atom stereocenters. The van der Waals surface area contributed by atoms with Crippen LogP contribution >= 0.6 is 11.3 Å². The predicted molar refractivity (Wildman–Crippen MR) is 124 cm³/mol. The number of thiazole rings is 1. The third-order valence-corrected chi connectivity index (χ3v) is 10.2. The second kappa shape index (κ2) is 8.79. The third kappa shape index (κ3) is 4.66. The minimum Gasteiger partial charge on any atom is -0.335 e. The number of benzene rings is 1. The van der Waals surface area contributed by atoms with Crippen LogP contribution in [-0.2, 0) is 14.6 Å². The molecule has 3 aliphatic rings. The van der Waals surface area contributed by atoms with Crippen LogP contribution in [0, 0.1) is 0 Å². The maximum absolute atomic E-state index is 13.3. The molecule has 1 amide bonds. The van der Waals surface area contributed by atoms with Crippen molar-refractivity contribution in [1.29, 1.82) is 0 Å². The van der Waals surface area contributed by atoms with E-state index in [0.717, 1.165) is 57.1 Å². The number of para-hydroxylation sites is 1. The van der Waals surface area contributed by atoms with Crippen molar-refractivity contribution in [2.24, 2.45) is 0 Å². The summed E-state index contributed by atoms with van der Waals surface area (Å²) in [5, 5.41) is 1.22. The molecule has 1 aromatic carbocycles. The molecule has 31 heavy (non-hydrogen) atoms. The van der Waals surface area contributed by atoms with E-state index in [9.17, 15) is 13.2 Å². The quantitative estimate of drug-likeness (QED) is 0.682. The van der Waals surface area contributed by atoms with E-state index in [1.807, 2.05) is 11.0 Å². The van der Waals surface area contributed by atoms with Gasteiger partial charge in [0.05, 0.1) is 33.3 Å². The van der Waals surface area contributed by atoms with E-state index in [1.54, 1.807) is 11.3 Å². The summed E-state index contributed by atoms with van der Waals surface area (Å²) in [5.41, 5.74) is 1.08. The number of fused-ring (bicyclic) bond motifs is 1. The molecule has 3 heterocycles. The Bertz CT molecular complexity index is 1000. The SMILES string of the molecule is O=C(CN1CCC(c2nc3ccccc3s2)CC1)N(C1CCCC1)[C@@H]1CCS(=O)(=O)C1. The molecule has 0 bridgehead atoms. The Kier molecular flexibility index (Phi) is 6.05. The molecule has 2 aliphatic heterocycles. The van der Waals surface area contributed by atoms with Crippen molar-refractivity contribution in [3.63, 3.8) is 0 Å². The third-order valence-electron chi connectivity index (χ3n) is 7.21. The lowest BCUT2D eigenvalue weighted by Crippen LogP contribution is -2.51. The second-order valence-corrected chi connectivity index (χ2v) is 12.7. The first-order chi connectivity index (χ1) is 15.0. The molecule has 168 valence electrons. The summed E-state index contributed by atoms with van der Waals surface area (Å²) in [6, 6.07) is 8.40. The summed E-state index contributed by atoms with van der Waals surface area (Å²) in [5.74, 6) is 0.971. The molecule has 8 heteroatoms. The van der Waals surface area contributed by atoms with Crippen molar-refractivity contribution >= 4 is 37.3 Å². The van der Waals surface area contributed by atoms with Crippen molar-refractivity contribution in [2.45, 2.75) is 62.9 Å². The molecule has 0 spiro atoms. The van der Waals surface area contributed by atoms with E-state index in [0.29, 0.717) is 18.9 Å². The van der Waals surface area contributed by atoms with Gasteiger partial charge in [-0.3, -0.25) is 9.69 Å². The van der Waals surface area contributed by atoms with Gasteiger partial charge < -0.3 is 4.90 Å². The average Bonchev–Trinajstić information content (AvgIpc) is 3.49. The highest BCUT2D eigenvalue weighted by atomic mass is 32.2. The molecular weight excluding hydrogens is 430 g/mol. The Hall–Kier alpha value is -1.51. The summed E-state index contributed by atoms with van der Waals surface area (Å²) in [7, 11) is -3.00. The van der Waals surface area contributed by atoms with Crippen LogP contribution in [-0.4, -0.2) is 72.3 Å². The van der Waals surface area contributed by atoms with Crippen LogP contribution in [0.25, 0.3) is 10.2 Å². The van der Waals surface area contributed by atoms with Gasteiger partial charge in [-0.2, -0.15) is 0 Å². The molecule has 1 aliphatic carbocycles. The number of likely N-dealkylation sites (tertiary alicyclic amines) is 1. The summed E-state index contributed by atoms with van der Waals surface area (Å²) in [4.78, 5) is 22.4. The number of amides is 1. The van der Waals surface area contributed by atoms with Gasteiger partial charge in [-0.05, 0) is 57.3 Å². The summed E-state index contributed by atoms with van der Waals surface area (Å²) >= 11 is 1.80. The minimum absolute atomic E-state index is 0.124. The monoisotopic (exact) mass is 461 g/mol. The lowest BCUT2D eigenvalue weighted by molar-refractivity contribution is -0.137. The Morgan fingerprint density at radius 2 is 1.81 bits per heavy atom. The molecule has 2 aromatic rings. The first-order valence-corrected chi connectivity index (χ1v) is 14.2. The molecule has 1 aromatic heterocycles. The number of nitrogens with zero attached hydrogens (tertiary/aromatic N) is 3. The van der Waals surface area contributed by atoms with Crippen LogP contribution in [0.5, 0.6) is 0 Å². The van der Waals surface area contributed by atoms with E-state index in [4.69, 9.17) is 4.98 Å². The zero-order chi connectivity index (χ0) is 21.4. The van der Waals surface area contributed by atoms with Gasteiger partial charge in [0.1, 0.15) is 0 Å². The predicted octanol–water partition coefficient (Wildman–Crippen LogP) is 3.43. The van der Waals surface area contributed by atoms with Crippen LogP contribution in [0.4, 0.5) is 0 Å². The molecule has 3 fully saturated rings. The molecule has 1 saturated carbocycles. The molecule has 0 unspecified atom stereocenters. The van der Waals surface area contributed by atoms with Crippen molar-refractivity contribution in [3.05, 3.63) is 29.3 Å². The van der Waals surface area contributed by atoms with Crippen LogP contribution in [0.1, 0.15) is 55.9 Å². The standard InChI is InChI=1S/C23H31N3O3S2/c27-22(26(18-5-1-2-6-18)19-11-14-31(28,29)16-19)15-25-12-9-17(10-13-25)23-24-20-7-3-4-8-21(20)30-23/h3-4,7-8,17-19H,1-2,5-6,9-16H2/t19-/m1/s1. The fraction of sp³-hybridized carbons (Fsp3) is 0.652. The van der Waals surface area contributed by atoms with Gasteiger partial charge >= 0.3 is 0 Å². The molecule has 0 N–H and O–H groups in total.